The summed E-state index contributed by atoms with van der Waals surface area (Å²) in [4.78, 5) is 0.464. The summed E-state index contributed by atoms with van der Waals surface area (Å²) in [5.41, 5.74) is 1.69. The van der Waals surface area contributed by atoms with Gasteiger partial charge in [0.15, 0.2) is 0 Å². The predicted molar refractivity (Wildman–Crippen MR) is 108 cm³/mol. The highest BCUT2D eigenvalue weighted by atomic mass is 79.9. The molecule has 0 aromatic heterocycles. The van der Waals surface area contributed by atoms with Crippen LogP contribution >= 0.6 is 15.9 Å². The molecule has 0 spiro atoms. The van der Waals surface area contributed by atoms with Gasteiger partial charge in [-0.25, -0.2) is 16.8 Å². The Balaban J connectivity index is 1.80. The topological polar surface area (TPSA) is 74.8 Å². The van der Waals surface area contributed by atoms with Gasteiger partial charge in [-0.15, -0.1) is 0 Å². The lowest BCUT2D eigenvalue weighted by Crippen LogP contribution is -2.50. The van der Waals surface area contributed by atoms with Gasteiger partial charge in [-0.1, -0.05) is 29.8 Å². The Labute approximate surface area is 169 Å². The van der Waals surface area contributed by atoms with Crippen LogP contribution in [0.2, 0.25) is 0 Å². The number of hydrogen-bond donors (Lipinski definition) is 0. The second kappa shape index (κ2) is 7.63. The van der Waals surface area contributed by atoms with Gasteiger partial charge in [-0.3, -0.25) is 0 Å². The van der Waals surface area contributed by atoms with Crippen molar-refractivity contribution in [2.24, 2.45) is 0 Å². The van der Waals surface area contributed by atoms with E-state index in [1.165, 1.54) is 14.7 Å². The van der Waals surface area contributed by atoms with Gasteiger partial charge in [0.1, 0.15) is 0 Å². The first kappa shape index (κ1) is 20.5. The Bertz CT molecular complexity index is 1060. The zero-order chi connectivity index (χ0) is 19.8. The van der Waals surface area contributed by atoms with Gasteiger partial charge in [0.25, 0.3) is 0 Å². The summed E-state index contributed by atoms with van der Waals surface area (Å²) in [5.74, 6) is 0. The summed E-state index contributed by atoms with van der Waals surface area (Å²) in [6.45, 7) is 4.17. The van der Waals surface area contributed by atoms with E-state index in [0.29, 0.717) is 10.0 Å². The normalized spacial score (nSPS) is 17.1. The number of aryl methyl sites for hydroxylation is 2. The highest BCUT2D eigenvalue weighted by Gasteiger charge is 2.34. The van der Waals surface area contributed by atoms with Crippen molar-refractivity contribution in [3.8, 4) is 0 Å². The van der Waals surface area contributed by atoms with E-state index < -0.39 is 20.0 Å². The van der Waals surface area contributed by atoms with E-state index in [9.17, 15) is 16.8 Å². The molecule has 3 rings (SSSR count). The molecule has 0 amide bonds. The van der Waals surface area contributed by atoms with Crippen LogP contribution in [-0.2, 0) is 20.0 Å². The van der Waals surface area contributed by atoms with Crippen LogP contribution in [0, 0.1) is 13.8 Å². The Hall–Kier alpha value is -1.26. The molecule has 2 aromatic carbocycles. The molecule has 1 fully saturated rings. The summed E-state index contributed by atoms with van der Waals surface area (Å²) in [5, 5.41) is 0. The third kappa shape index (κ3) is 3.97. The summed E-state index contributed by atoms with van der Waals surface area (Å²) < 4.78 is 54.8. The molecule has 0 unspecified atom stereocenters. The molecule has 146 valence electrons. The number of hydrogen-bond acceptors (Lipinski definition) is 4. The zero-order valence-corrected chi connectivity index (χ0v) is 18.3. The van der Waals surface area contributed by atoms with Crippen molar-refractivity contribution in [3.63, 3.8) is 0 Å². The second-order valence-corrected chi connectivity index (χ2v) is 11.2. The monoisotopic (exact) mass is 472 g/mol. The zero-order valence-electron chi connectivity index (χ0n) is 15.1. The Morgan fingerprint density at radius 2 is 1.30 bits per heavy atom. The fourth-order valence-electron chi connectivity index (χ4n) is 3.17. The SMILES string of the molecule is Cc1ccc(S(=O)(=O)N2CCN(S(=O)(=O)c3ccccc3Br)CC2)c(C)c1. The number of rotatable bonds is 4. The van der Waals surface area contributed by atoms with E-state index >= 15 is 0 Å². The molecule has 1 saturated heterocycles. The van der Waals surface area contributed by atoms with Gasteiger partial charge in [-0.05, 0) is 53.5 Å². The molecule has 0 aliphatic carbocycles. The van der Waals surface area contributed by atoms with E-state index in [0.717, 1.165) is 5.56 Å². The van der Waals surface area contributed by atoms with E-state index in [1.807, 2.05) is 13.0 Å². The molecule has 6 nitrogen and oxygen atoms in total. The van der Waals surface area contributed by atoms with Crippen LogP contribution in [0.3, 0.4) is 0 Å². The van der Waals surface area contributed by atoms with Gasteiger partial charge in [0.2, 0.25) is 20.0 Å². The van der Waals surface area contributed by atoms with Crippen molar-refractivity contribution in [3.05, 3.63) is 58.1 Å². The summed E-state index contributed by atoms with van der Waals surface area (Å²) in [7, 11) is -7.32. The first-order chi connectivity index (χ1) is 12.6. The van der Waals surface area contributed by atoms with Crippen LogP contribution in [0.4, 0.5) is 0 Å². The van der Waals surface area contributed by atoms with Crippen molar-refractivity contribution in [1.82, 2.24) is 8.61 Å². The molecule has 1 aliphatic rings. The molecule has 2 aromatic rings. The molecule has 0 saturated carbocycles. The van der Waals surface area contributed by atoms with Gasteiger partial charge in [0.05, 0.1) is 9.79 Å². The highest BCUT2D eigenvalue weighted by molar-refractivity contribution is 9.10. The van der Waals surface area contributed by atoms with E-state index in [1.54, 1.807) is 37.3 Å². The fourth-order valence-corrected chi connectivity index (χ4v) is 7.18. The molecular formula is C18H21BrN2O4S2. The van der Waals surface area contributed by atoms with Crippen molar-refractivity contribution in [2.45, 2.75) is 23.6 Å². The number of halogens is 1. The summed E-state index contributed by atoms with van der Waals surface area (Å²) in [6.07, 6.45) is 0. The maximum atomic E-state index is 13.0. The Kier molecular flexibility index (Phi) is 5.79. The lowest BCUT2D eigenvalue weighted by atomic mass is 10.2. The third-order valence-electron chi connectivity index (χ3n) is 4.60. The Morgan fingerprint density at radius 3 is 1.81 bits per heavy atom. The van der Waals surface area contributed by atoms with Crippen LogP contribution in [-0.4, -0.2) is 51.6 Å². The summed E-state index contributed by atoms with van der Waals surface area (Å²) in [6, 6.07) is 11.8. The van der Waals surface area contributed by atoms with Crippen molar-refractivity contribution in [1.29, 1.82) is 0 Å². The van der Waals surface area contributed by atoms with Gasteiger partial charge in [-0.2, -0.15) is 8.61 Å². The Morgan fingerprint density at radius 1 is 0.778 bits per heavy atom. The second-order valence-electron chi connectivity index (χ2n) is 6.51. The fraction of sp³-hybridized carbons (Fsp3) is 0.333. The van der Waals surface area contributed by atoms with Crippen LogP contribution < -0.4 is 0 Å². The van der Waals surface area contributed by atoms with Crippen molar-refractivity contribution in [2.75, 3.05) is 26.2 Å². The molecular weight excluding hydrogens is 452 g/mol. The van der Waals surface area contributed by atoms with E-state index in [4.69, 9.17) is 0 Å². The minimum Gasteiger partial charge on any atom is -0.207 e. The average molecular weight is 473 g/mol. The first-order valence-electron chi connectivity index (χ1n) is 8.46. The number of benzene rings is 2. The van der Waals surface area contributed by atoms with Crippen LogP contribution in [0.15, 0.2) is 56.7 Å². The lowest BCUT2D eigenvalue weighted by Gasteiger charge is -2.33. The molecule has 9 heteroatoms. The predicted octanol–water partition coefficient (Wildman–Crippen LogP) is 2.76. The van der Waals surface area contributed by atoms with E-state index in [2.05, 4.69) is 15.9 Å². The van der Waals surface area contributed by atoms with Gasteiger partial charge in [0, 0.05) is 30.7 Å². The standard InChI is InChI=1S/C18H21BrN2O4S2/c1-14-7-8-17(15(2)13-14)26(22,23)20-9-11-21(12-10-20)27(24,25)18-6-4-3-5-16(18)19/h3-8,13H,9-12H2,1-2H3. The van der Waals surface area contributed by atoms with Crippen molar-refractivity contribution >= 4 is 36.0 Å². The maximum absolute atomic E-state index is 13.0. The lowest BCUT2D eigenvalue weighted by molar-refractivity contribution is 0.272. The first-order valence-corrected chi connectivity index (χ1v) is 12.1. The average Bonchev–Trinajstić information content (AvgIpc) is 2.61. The van der Waals surface area contributed by atoms with Crippen molar-refractivity contribution < 1.29 is 16.8 Å². The third-order valence-corrected chi connectivity index (χ3v) is 9.57. The molecule has 0 radical (unpaired) electrons. The summed E-state index contributed by atoms with van der Waals surface area (Å²) >= 11 is 3.27. The maximum Gasteiger partial charge on any atom is 0.244 e. The van der Waals surface area contributed by atoms with Crippen LogP contribution in [0.5, 0.6) is 0 Å². The van der Waals surface area contributed by atoms with Crippen LogP contribution in [0.1, 0.15) is 11.1 Å². The minimum absolute atomic E-state index is 0.119. The minimum atomic E-state index is -3.68. The number of piperazine rings is 1. The molecule has 0 atom stereocenters. The molecule has 27 heavy (non-hydrogen) atoms. The highest BCUT2D eigenvalue weighted by Crippen LogP contribution is 2.27. The number of nitrogens with zero attached hydrogens (tertiary/aromatic N) is 2. The van der Waals surface area contributed by atoms with Gasteiger partial charge >= 0.3 is 0 Å². The smallest absolute Gasteiger partial charge is 0.207 e. The molecule has 0 bridgehead atoms. The number of sulfonamides is 2. The molecule has 1 heterocycles. The quantitative estimate of drug-likeness (QED) is 0.685. The van der Waals surface area contributed by atoms with E-state index in [-0.39, 0.29) is 36.0 Å². The largest absolute Gasteiger partial charge is 0.244 e. The molecule has 1 aliphatic heterocycles. The molecule has 0 N–H and O–H groups in total. The van der Waals surface area contributed by atoms with Gasteiger partial charge < -0.3 is 0 Å². The van der Waals surface area contributed by atoms with Crippen LogP contribution in [0.25, 0.3) is 0 Å².